The summed E-state index contributed by atoms with van der Waals surface area (Å²) in [6.07, 6.45) is 0. The van der Waals surface area contributed by atoms with E-state index in [1.807, 2.05) is 48.5 Å². The zero-order valence-corrected chi connectivity index (χ0v) is 18.7. The predicted octanol–water partition coefficient (Wildman–Crippen LogP) is 4.81. The second-order valence-electron chi connectivity index (χ2n) is 7.34. The Morgan fingerprint density at radius 2 is 1.65 bits per heavy atom. The molecule has 0 saturated heterocycles. The van der Waals surface area contributed by atoms with Crippen molar-refractivity contribution in [1.82, 2.24) is 20.0 Å². The van der Waals surface area contributed by atoms with Crippen LogP contribution in [0.25, 0.3) is 22.4 Å². The van der Waals surface area contributed by atoms with Crippen molar-refractivity contribution in [1.29, 1.82) is 0 Å². The van der Waals surface area contributed by atoms with Crippen LogP contribution < -0.4 is 10.3 Å². The molecule has 5 aromatic rings. The minimum atomic E-state index is -0.406. The first kappa shape index (κ1) is 21.8. The number of aromatic nitrogens is 4. The third-order valence-electron chi connectivity index (χ3n) is 5.06. The smallest absolute Gasteiger partial charge is 0.277 e. The second-order valence-corrected chi connectivity index (χ2v) is 8.39. The summed E-state index contributed by atoms with van der Waals surface area (Å²) in [5, 5.41) is 14.3. The van der Waals surface area contributed by atoms with Crippen LogP contribution in [-0.4, -0.2) is 32.3 Å². The first-order valence-corrected chi connectivity index (χ1v) is 11.6. The van der Waals surface area contributed by atoms with E-state index in [9.17, 15) is 9.18 Å². The average molecular weight is 475 g/mol. The molecule has 0 saturated carbocycles. The highest BCUT2D eigenvalue weighted by Crippen LogP contribution is 2.27. The van der Waals surface area contributed by atoms with E-state index in [-0.39, 0.29) is 23.8 Å². The highest BCUT2D eigenvalue weighted by molar-refractivity contribution is 7.99. The molecular weight excluding hydrogens is 455 g/mol. The van der Waals surface area contributed by atoms with Gasteiger partial charge in [0.15, 0.2) is 17.3 Å². The molecule has 0 radical (unpaired) electrons. The van der Waals surface area contributed by atoms with Crippen LogP contribution in [0.2, 0.25) is 0 Å². The molecule has 2 heterocycles. The van der Waals surface area contributed by atoms with Crippen molar-refractivity contribution in [3.63, 3.8) is 0 Å². The topological polar surface area (TPSA) is 83.0 Å². The fraction of sp³-hybridized carbons (Fsp3) is 0.120. The van der Waals surface area contributed by atoms with Crippen molar-refractivity contribution in [2.75, 3.05) is 12.4 Å². The summed E-state index contributed by atoms with van der Waals surface area (Å²) in [7, 11) is 0. The Morgan fingerprint density at radius 3 is 2.47 bits per heavy atom. The summed E-state index contributed by atoms with van der Waals surface area (Å²) in [5.74, 6) is 0.495. The summed E-state index contributed by atoms with van der Waals surface area (Å²) < 4.78 is 26.4. The summed E-state index contributed by atoms with van der Waals surface area (Å²) in [5.41, 5.74) is 1.20. The molecule has 2 aromatic heterocycles. The van der Waals surface area contributed by atoms with Crippen LogP contribution in [0.3, 0.4) is 0 Å². The van der Waals surface area contributed by atoms with E-state index in [0.29, 0.717) is 34.0 Å². The van der Waals surface area contributed by atoms with Crippen LogP contribution in [0.15, 0.2) is 93.3 Å². The van der Waals surface area contributed by atoms with Gasteiger partial charge in [-0.15, -0.1) is 10.2 Å². The van der Waals surface area contributed by atoms with Gasteiger partial charge < -0.3 is 9.15 Å². The molecule has 0 fully saturated rings. The molecule has 34 heavy (non-hydrogen) atoms. The first-order valence-electron chi connectivity index (χ1n) is 10.6. The van der Waals surface area contributed by atoms with Gasteiger partial charge in [0, 0.05) is 11.1 Å². The van der Waals surface area contributed by atoms with Crippen LogP contribution in [0.4, 0.5) is 4.39 Å². The molecule has 5 rings (SSSR count). The molecule has 0 atom stereocenters. The van der Waals surface area contributed by atoms with E-state index in [0.717, 1.165) is 5.56 Å². The van der Waals surface area contributed by atoms with E-state index >= 15 is 0 Å². The molecule has 0 bridgehead atoms. The van der Waals surface area contributed by atoms with Crippen LogP contribution in [-0.2, 0) is 6.54 Å². The second kappa shape index (κ2) is 9.88. The van der Waals surface area contributed by atoms with Crippen molar-refractivity contribution in [3.05, 3.63) is 101 Å². The molecule has 3 aromatic carbocycles. The predicted molar refractivity (Wildman–Crippen MR) is 127 cm³/mol. The Balaban J connectivity index is 1.37. The van der Waals surface area contributed by atoms with Gasteiger partial charge in [-0.05, 0) is 23.8 Å². The highest BCUT2D eigenvalue weighted by Gasteiger charge is 2.18. The fourth-order valence-corrected chi connectivity index (χ4v) is 4.04. The first-order chi connectivity index (χ1) is 16.7. The number of para-hydroxylation sites is 1. The monoisotopic (exact) mass is 474 g/mol. The van der Waals surface area contributed by atoms with E-state index in [1.165, 1.54) is 22.5 Å². The molecule has 0 aliphatic rings. The molecular formula is C25H19FN4O3S. The molecule has 0 amide bonds. The number of benzene rings is 3. The van der Waals surface area contributed by atoms with Crippen LogP contribution >= 0.6 is 11.8 Å². The van der Waals surface area contributed by atoms with Crippen molar-refractivity contribution in [2.45, 2.75) is 11.8 Å². The van der Waals surface area contributed by atoms with E-state index in [2.05, 4.69) is 15.3 Å². The van der Waals surface area contributed by atoms with Gasteiger partial charge in [0.25, 0.3) is 16.7 Å². The van der Waals surface area contributed by atoms with Gasteiger partial charge in [0.2, 0.25) is 0 Å². The quantitative estimate of drug-likeness (QED) is 0.236. The van der Waals surface area contributed by atoms with Gasteiger partial charge in [0.1, 0.15) is 0 Å². The Hall–Kier alpha value is -3.98. The summed E-state index contributed by atoms with van der Waals surface area (Å²) in [6, 6.07) is 23.1. The number of fused-ring (bicyclic) bond motifs is 1. The zero-order valence-electron chi connectivity index (χ0n) is 17.9. The fourth-order valence-electron chi connectivity index (χ4n) is 3.46. The Labute approximate surface area is 198 Å². The number of thioether (sulfide) groups is 1. The summed E-state index contributed by atoms with van der Waals surface area (Å²) >= 11 is 1.29. The number of hydrogen-bond donors (Lipinski definition) is 0. The lowest BCUT2D eigenvalue weighted by atomic mass is 10.1. The molecule has 9 heteroatoms. The van der Waals surface area contributed by atoms with Gasteiger partial charge in [-0.1, -0.05) is 72.4 Å². The SMILES string of the molecule is O=c1c2ccccc2c(-c2nnc(SCCOc3ccccc3F)o2)nn1Cc1ccccc1. The van der Waals surface area contributed by atoms with E-state index in [1.54, 1.807) is 24.3 Å². The molecule has 0 N–H and O–H groups in total. The zero-order chi connectivity index (χ0) is 23.3. The van der Waals surface area contributed by atoms with Crippen molar-refractivity contribution in [3.8, 4) is 17.3 Å². The number of halogens is 1. The molecule has 0 aliphatic heterocycles. The van der Waals surface area contributed by atoms with Crippen LogP contribution in [0.1, 0.15) is 5.56 Å². The van der Waals surface area contributed by atoms with E-state index < -0.39 is 5.82 Å². The van der Waals surface area contributed by atoms with Crippen molar-refractivity contribution < 1.29 is 13.5 Å². The van der Waals surface area contributed by atoms with Gasteiger partial charge in [-0.3, -0.25) is 4.79 Å². The molecule has 7 nitrogen and oxygen atoms in total. The highest BCUT2D eigenvalue weighted by atomic mass is 32.2. The van der Waals surface area contributed by atoms with Gasteiger partial charge in [0.05, 0.1) is 18.5 Å². The third kappa shape index (κ3) is 4.69. The van der Waals surface area contributed by atoms with Crippen LogP contribution in [0, 0.1) is 5.82 Å². The molecule has 170 valence electrons. The summed E-state index contributed by atoms with van der Waals surface area (Å²) in [4.78, 5) is 13.0. The van der Waals surface area contributed by atoms with Crippen molar-refractivity contribution in [2.24, 2.45) is 0 Å². The van der Waals surface area contributed by atoms with Gasteiger partial charge in [-0.2, -0.15) is 5.10 Å². The summed E-state index contributed by atoms with van der Waals surface area (Å²) in [6.45, 7) is 0.590. The average Bonchev–Trinajstić information content (AvgIpc) is 3.34. The lowest BCUT2D eigenvalue weighted by Gasteiger charge is -2.09. The van der Waals surface area contributed by atoms with E-state index in [4.69, 9.17) is 9.15 Å². The normalized spacial score (nSPS) is 11.1. The lowest BCUT2D eigenvalue weighted by Crippen LogP contribution is -2.24. The van der Waals surface area contributed by atoms with Crippen LogP contribution in [0.5, 0.6) is 5.75 Å². The Kier molecular flexibility index (Phi) is 6.35. The number of nitrogens with zero attached hydrogens (tertiary/aromatic N) is 4. The van der Waals surface area contributed by atoms with Gasteiger partial charge in [-0.25, -0.2) is 9.07 Å². The maximum absolute atomic E-state index is 13.7. The number of hydrogen-bond acceptors (Lipinski definition) is 7. The number of rotatable bonds is 8. The molecule has 0 unspecified atom stereocenters. The maximum Gasteiger partial charge on any atom is 0.277 e. The van der Waals surface area contributed by atoms with Gasteiger partial charge >= 0.3 is 0 Å². The number of ether oxygens (including phenoxy) is 1. The Bertz CT molecular complexity index is 1490. The molecule has 0 spiro atoms. The molecule has 0 aliphatic carbocycles. The minimum Gasteiger partial charge on any atom is -0.490 e. The Morgan fingerprint density at radius 1 is 0.912 bits per heavy atom. The third-order valence-corrected chi connectivity index (χ3v) is 5.84. The standard InChI is InChI=1S/C25H19FN4O3S/c26-20-12-6-7-13-21(20)32-14-15-34-25-28-27-23(33-25)22-18-10-4-5-11-19(18)24(31)30(29-22)16-17-8-2-1-3-9-17/h1-13H,14-16H2. The minimum absolute atomic E-state index is 0.192. The van der Waals surface area contributed by atoms with Crippen molar-refractivity contribution >= 4 is 22.5 Å². The lowest BCUT2D eigenvalue weighted by molar-refractivity contribution is 0.324. The maximum atomic E-state index is 13.7. The largest absolute Gasteiger partial charge is 0.490 e.